The molecule has 0 aliphatic heterocycles. The van der Waals surface area contributed by atoms with Gasteiger partial charge < -0.3 is 9.15 Å². The molecule has 0 fully saturated rings. The maximum atomic E-state index is 13.1. The van der Waals surface area contributed by atoms with Crippen LogP contribution in [0.3, 0.4) is 0 Å². The van der Waals surface area contributed by atoms with E-state index in [0.717, 1.165) is 11.1 Å². The van der Waals surface area contributed by atoms with Crippen LogP contribution in [0.2, 0.25) is 0 Å². The van der Waals surface area contributed by atoms with Crippen molar-refractivity contribution in [3.8, 4) is 17.1 Å². The van der Waals surface area contributed by atoms with Crippen molar-refractivity contribution < 1.29 is 13.9 Å². The first-order valence-electron chi connectivity index (χ1n) is 8.79. The summed E-state index contributed by atoms with van der Waals surface area (Å²) in [7, 11) is 0. The number of fused-ring (bicyclic) bond motifs is 1. The van der Waals surface area contributed by atoms with Crippen molar-refractivity contribution in [2.75, 3.05) is 0 Å². The molecule has 0 radical (unpaired) electrons. The van der Waals surface area contributed by atoms with Gasteiger partial charge in [0.1, 0.15) is 5.58 Å². The van der Waals surface area contributed by atoms with Crippen LogP contribution >= 0.6 is 0 Å². The first-order chi connectivity index (χ1) is 13.5. The van der Waals surface area contributed by atoms with E-state index < -0.39 is 11.4 Å². The highest BCUT2D eigenvalue weighted by Gasteiger charge is 2.21. The molecule has 138 valence electrons. The predicted molar refractivity (Wildman–Crippen MR) is 107 cm³/mol. The number of hydrogen-bond acceptors (Lipinski definition) is 5. The van der Waals surface area contributed by atoms with E-state index in [2.05, 4.69) is 4.98 Å². The number of rotatable bonds is 3. The summed E-state index contributed by atoms with van der Waals surface area (Å²) in [5, 5.41) is 0.357. The molecule has 0 atom stereocenters. The highest BCUT2D eigenvalue weighted by Crippen LogP contribution is 2.31. The molecule has 4 rings (SSSR count). The quantitative estimate of drug-likeness (QED) is 0.489. The van der Waals surface area contributed by atoms with E-state index in [0.29, 0.717) is 16.5 Å². The molecule has 0 amide bonds. The third-order valence-corrected chi connectivity index (χ3v) is 4.41. The lowest BCUT2D eigenvalue weighted by atomic mass is 10.1. The van der Waals surface area contributed by atoms with Gasteiger partial charge in [-0.2, -0.15) is 0 Å². The summed E-state index contributed by atoms with van der Waals surface area (Å²) in [5.41, 5.74) is 2.99. The molecule has 0 aliphatic carbocycles. The number of ether oxygens (including phenoxy) is 1. The van der Waals surface area contributed by atoms with Gasteiger partial charge in [0.15, 0.2) is 5.76 Å². The minimum atomic E-state index is -0.666. The third kappa shape index (κ3) is 3.30. The highest BCUT2D eigenvalue weighted by atomic mass is 16.5. The third-order valence-electron chi connectivity index (χ3n) is 4.41. The molecule has 2 aromatic carbocycles. The van der Waals surface area contributed by atoms with E-state index in [4.69, 9.17) is 9.15 Å². The second-order valence-electron chi connectivity index (χ2n) is 6.59. The summed E-state index contributed by atoms with van der Waals surface area (Å²) in [6, 6.07) is 16.0. The molecule has 2 aromatic heterocycles. The highest BCUT2D eigenvalue weighted by molar-refractivity contribution is 5.92. The average Bonchev–Trinajstić information content (AvgIpc) is 2.71. The molecule has 28 heavy (non-hydrogen) atoms. The first kappa shape index (κ1) is 17.7. The summed E-state index contributed by atoms with van der Waals surface area (Å²) in [6.07, 6.45) is 2.95. The van der Waals surface area contributed by atoms with Gasteiger partial charge in [-0.1, -0.05) is 35.9 Å². The van der Waals surface area contributed by atoms with Gasteiger partial charge in [-0.05, 0) is 43.7 Å². The van der Waals surface area contributed by atoms with Crippen LogP contribution in [0.25, 0.3) is 22.3 Å². The second-order valence-corrected chi connectivity index (χ2v) is 6.59. The summed E-state index contributed by atoms with van der Waals surface area (Å²) in [4.78, 5) is 29.6. The van der Waals surface area contributed by atoms with Gasteiger partial charge >= 0.3 is 5.97 Å². The maximum absolute atomic E-state index is 13.1. The number of esters is 1. The van der Waals surface area contributed by atoms with Gasteiger partial charge in [0.2, 0.25) is 11.2 Å². The standard InChI is InChI=1S/C23H17NO4/c1-14-5-8-16(9-6-14)21-22(28-23(26)17-4-3-11-24-13-17)20(25)18-10-7-15(2)12-19(18)27-21/h3-13H,1-2H3. The molecule has 0 N–H and O–H groups in total. The Hall–Kier alpha value is -3.73. The fourth-order valence-electron chi connectivity index (χ4n) is 2.91. The minimum absolute atomic E-state index is 0.131. The first-order valence-corrected chi connectivity index (χ1v) is 8.79. The zero-order valence-electron chi connectivity index (χ0n) is 15.4. The molecule has 5 heteroatoms. The van der Waals surface area contributed by atoms with Crippen LogP contribution in [-0.4, -0.2) is 11.0 Å². The molecule has 0 saturated carbocycles. The molecule has 0 bridgehead atoms. The number of pyridine rings is 1. The van der Waals surface area contributed by atoms with E-state index in [-0.39, 0.29) is 17.1 Å². The molecule has 0 aliphatic rings. The van der Waals surface area contributed by atoms with Crippen molar-refractivity contribution in [3.63, 3.8) is 0 Å². The lowest BCUT2D eigenvalue weighted by Crippen LogP contribution is -2.16. The summed E-state index contributed by atoms with van der Waals surface area (Å²) in [6.45, 7) is 3.88. The molecule has 4 aromatic rings. The lowest BCUT2D eigenvalue weighted by molar-refractivity contribution is 0.0731. The van der Waals surface area contributed by atoms with Crippen molar-refractivity contribution in [2.45, 2.75) is 13.8 Å². The Kier molecular flexibility index (Phi) is 4.49. The van der Waals surface area contributed by atoms with Crippen LogP contribution in [0.15, 0.2) is 76.2 Å². The Balaban J connectivity index is 1.92. The molecular formula is C23H17NO4. The predicted octanol–water partition coefficient (Wildman–Crippen LogP) is 4.69. The Morgan fingerprint density at radius 3 is 2.46 bits per heavy atom. The topological polar surface area (TPSA) is 69.4 Å². The smallest absolute Gasteiger partial charge is 0.345 e. The number of hydrogen-bond donors (Lipinski definition) is 0. The lowest BCUT2D eigenvalue weighted by Gasteiger charge is -2.11. The summed E-state index contributed by atoms with van der Waals surface area (Å²) < 4.78 is 11.5. The second kappa shape index (κ2) is 7.12. The monoisotopic (exact) mass is 371 g/mol. The van der Waals surface area contributed by atoms with Crippen LogP contribution in [0.1, 0.15) is 21.5 Å². The number of aryl methyl sites for hydroxylation is 2. The average molecular weight is 371 g/mol. The van der Waals surface area contributed by atoms with Crippen LogP contribution in [-0.2, 0) is 0 Å². The number of aromatic nitrogens is 1. The van der Waals surface area contributed by atoms with E-state index in [1.54, 1.807) is 30.5 Å². The van der Waals surface area contributed by atoms with Crippen molar-refractivity contribution in [1.82, 2.24) is 4.98 Å². The van der Waals surface area contributed by atoms with E-state index in [9.17, 15) is 9.59 Å². The van der Waals surface area contributed by atoms with Gasteiger partial charge in [-0.25, -0.2) is 4.79 Å². The van der Waals surface area contributed by atoms with Crippen molar-refractivity contribution in [2.24, 2.45) is 0 Å². The van der Waals surface area contributed by atoms with Gasteiger partial charge in [0, 0.05) is 18.0 Å². The molecule has 0 saturated heterocycles. The summed E-state index contributed by atoms with van der Waals surface area (Å²) in [5.74, 6) is -0.574. The Labute approximate surface area is 161 Å². The number of nitrogens with zero attached hydrogens (tertiary/aromatic N) is 1. The van der Waals surface area contributed by atoms with Crippen LogP contribution in [0, 0.1) is 13.8 Å². The number of carbonyl (C=O) groups excluding carboxylic acids is 1. The van der Waals surface area contributed by atoms with E-state index in [1.807, 2.05) is 44.2 Å². The van der Waals surface area contributed by atoms with Crippen LogP contribution in [0.4, 0.5) is 0 Å². The molecule has 2 heterocycles. The van der Waals surface area contributed by atoms with Gasteiger partial charge in [-0.3, -0.25) is 9.78 Å². The molecular weight excluding hydrogens is 354 g/mol. The molecule has 0 spiro atoms. The van der Waals surface area contributed by atoms with Gasteiger partial charge in [0.05, 0.1) is 10.9 Å². The fourth-order valence-corrected chi connectivity index (χ4v) is 2.91. The normalized spacial score (nSPS) is 10.8. The Morgan fingerprint density at radius 2 is 1.75 bits per heavy atom. The van der Waals surface area contributed by atoms with Crippen LogP contribution < -0.4 is 10.2 Å². The zero-order chi connectivity index (χ0) is 19.7. The number of benzene rings is 2. The van der Waals surface area contributed by atoms with Crippen molar-refractivity contribution in [1.29, 1.82) is 0 Å². The zero-order valence-corrected chi connectivity index (χ0v) is 15.4. The minimum Gasteiger partial charge on any atom is -0.452 e. The van der Waals surface area contributed by atoms with Gasteiger partial charge in [0.25, 0.3) is 0 Å². The van der Waals surface area contributed by atoms with Crippen molar-refractivity contribution in [3.05, 3.63) is 93.9 Å². The molecule has 0 unspecified atom stereocenters. The Bertz CT molecular complexity index is 1230. The summed E-state index contributed by atoms with van der Waals surface area (Å²) >= 11 is 0. The number of carbonyl (C=O) groups is 1. The molecule has 5 nitrogen and oxygen atoms in total. The van der Waals surface area contributed by atoms with E-state index in [1.165, 1.54) is 6.20 Å². The fraction of sp³-hybridized carbons (Fsp3) is 0.0870. The SMILES string of the molecule is Cc1ccc(-c2oc3cc(C)ccc3c(=O)c2OC(=O)c2cccnc2)cc1. The largest absolute Gasteiger partial charge is 0.452 e. The van der Waals surface area contributed by atoms with Crippen LogP contribution in [0.5, 0.6) is 5.75 Å². The van der Waals surface area contributed by atoms with Crippen molar-refractivity contribution >= 4 is 16.9 Å². The Morgan fingerprint density at radius 1 is 1.00 bits per heavy atom. The maximum Gasteiger partial charge on any atom is 0.345 e. The van der Waals surface area contributed by atoms with Gasteiger partial charge in [-0.15, -0.1) is 0 Å². The van der Waals surface area contributed by atoms with E-state index >= 15 is 0 Å².